The highest BCUT2D eigenvalue weighted by atomic mass is 32.2. The molecule has 0 aromatic carbocycles. The summed E-state index contributed by atoms with van der Waals surface area (Å²) in [5, 5.41) is 3.54. The van der Waals surface area contributed by atoms with Crippen LogP contribution in [0.25, 0.3) is 0 Å². The highest BCUT2D eigenvalue weighted by molar-refractivity contribution is 7.95. The summed E-state index contributed by atoms with van der Waals surface area (Å²) in [5.41, 5.74) is 2.69. The van der Waals surface area contributed by atoms with Gasteiger partial charge in [0.15, 0.2) is 9.84 Å². The van der Waals surface area contributed by atoms with Gasteiger partial charge in [0.1, 0.15) is 0 Å². The molecule has 0 bridgehead atoms. The normalized spacial score (nSPS) is 24.4. The molecule has 1 aromatic rings. The number of hydrogen-bond donors (Lipinski definition) is 0. The summed E-state index contributed by atoms with van der Waals surface area (Å²) in [6.45, 7) is 4.09. The van der Waals surface area contributed by atoms with Crippen molar-refractivity contribution in [2.24, 2.45) is 7.05 Å². The number of nitrogens with zero attached hydrogens (tertiary/aromatic N) is 3. The van der Waals surface area contributed by atoms with Crippen LogP contribution in [-0.2, 0) is 33.5 Å². The lowest BCUT2D eigenvalue weighted by molar-refractivity contribution is 0.391. The fraction of sp³-hybridized carbons (Fsp3) is 0.786. The maximum atomic E-state index is 13.0. The molecule has 2 heterocycles. The summed E-state index contributed by atoms with van der Waals surface area (Å²) in [4.78, 5) is 0. The van der Waals surface area contributed by atoms with E-state index >= 15 is 0 Å². The lowest BCUT2D eigenvalue weighted by atomic mass is 10.2. The summed E-state index contributed by atoms with van der Waals surface area (Å²) in [6, 6.07) is 0.00214. The van der Waals surface area contributed by atoms with Crippen LogP contribution in [0.4, 0.5) is 0 Å². The molecule has 9 heteroatoms. The lowest BCUT2D eigenvalue weighted by Gasteiger charge is -2.25. The molecule has 23 heavy (non-hydrogen) atoms. The van der Waals surface area contributed by atoms with Crippen LogP contribution in [0.2, 0.25) is 0 Å². The zero-order valence-electron chi connectivity index (χ0n) is 13.7. The molecule has 1 aromatic heterocycles. The van der Waals surface area contributed by atoms with Gasteiger partial charge in [-0.3, -0.25) is 4.68 Å². The monoisotopic (exact) mass is 361 g/mol. The summed E-state index contributed by atoms with van der Waals surface area (Å²) in [7, 11) is -5.00. The van der Waals surface area contributed by atoms with Crippen LogP contribution in [0.1, 0.15) is 36.2 Å². The molecule has 1 aliphatic heterocycles. The van der Waals surface area contributed by atoms with Gasteiger partial charge in [-0.1, -0.05) is 0 Å². The van der Waals surface area contributed by atoms with E-state index in [2.05, 4.69) is 5.10 Å². The molecule has 0 spiro atoms. The molecule has 1 atom stereocenters. The number of aryl methyl sites for hydroxylation is 2. The third-order valence-electron chi connectivity index (χ3n) is 4.87. The van der Waals surface area contributed by atoms with Gasteiger partial charge in [0.2, 0.25) is 10.0 Å². The number of rotatable bonds is 5. The van der Waals surface area contributed by atoms with Gasteiger partial charge in [-0.05, 0) is 33.1 Å². The molecule has 0 N–H and O–H groups in total. The van der Waals surface area contributed by atoms with Crippen LogP contribution < -0.4 is 0 Å². The van der Waals surface area contributed by atoms with E-state index in [-0.39, 0.29) is 30.5 Å². The van der Waals surface area contributed by atoms with Gasteiger partial charge in [0.05, 0.1) is 22.4 Å². The van der Waals surface area contributed by atoms with Crippen molar-refractivity contribution in [2.75, 3.05) is 11.5 Å². The van der Waals surface area contributed by atoms with Crippen LogP contribution in [0.3, 0.4) is 0 Å². The first-order valence-corrected chi connectivity index (χ1v) is 11.1. The van der Waals surface area contributed by atoms with Crippen LogP contribution in [0.15, 0.2) is 0 Å². The summed E-state index contributed by atoms with van der Waals surface area (Å²) >= 11 is 0. The Hall–Kier alpha value is -0.930. The van der Waals surface area contributed by atoms with Gasteiger partial charge in [-0.2, -0.15) is 9.40 Å². The van der Waals surface area contributed by atoms with Crippen LogP contribution >= 0.6 is 0 Å². The van der Waals surface area contributed by atoms with Crippen molar-refractivity contribution >= 4 is 19.9 Å². The highest BCUT2D eigenvalue weighted by Gasteiger charge is 2.45. The predicted octanol–water partition coefficient (Wildman–Crippen LogP) is 0.518. The number of aromatic nitrogens is 2. The van der Waals surface area contributed by atoms with Gasteiger partial charge in [-0.25, -0.2) is 16.8 Å². The number of sulfone groups is 1. The predicted molar refractivity (Wildman–Crippen MR) is 87.2 cm³/mol. The molecule has 0 amide bonds. The third-order valence-corrected chi connectivity index (χ3v) is 9.17. The molecule has 1 aliphatic carbocycles. The quantitative estimate of drug-likeness (QED) is 0.763. The summed E-state index contributed by atoms with van der Waals surface area (Å²) in [6.07, 6.45) is 1.90. The van der Waals surface area contributed by atoms with E-state index in [9.17, 15) is 16.8 Å². The Morgan fingerprint density at radius 1 is 1.26 bits per heavy atom. The Balaban J connectivity index is 1.90. The third kappa shape index (κ3) is 3.18. The van der Waals surface area contributed by atoms with Crippen LogP contribution in [-0.4, -0.2) is 53.7 Å². The van der Waals surface area contributed by atoms with Crippen molar-refractivity contribution in [2.45, 2.75) is 50.9 Å². The van der Waals surface area contributed by atoms with Crippen molar-refractivity contribution in [3.63, 3.8) is 0 Å². The van der Waals surface area contributed by atoms with Gasteiger partial charge in [0, 0.05) is 30.9 Å². The Morgan fingerprint density at radius 3 is 2.35 bits per heavy atom. The SMILES string of the molecule is Cc1nn(C)c(C)c1CN(C1CC1)S(=O)(=O)C1CCS(=O)(=O)C1. The average molecular weight is 361 g/mol. The Morgan fingerprint density at radius 2 is 1.91 bits per heavy atom. The molecule has 1 unspecified atom stereocenters. The first kappa shape index (κ1) is 16.9. The van der Waals surface area contributed by atoms with Crippen LogP contribution in [0.5, 0.6) is 0 Å². The van der Waals surface area contributed by atoms with E-state index < -0.39 is 25.1 Å². The summed E-state index contributed by atoms with van der Waals surface area (Å²) < 4.78 is 52.6. The van der Waals surface area contributed by atoms with E-state index in [4.69, 9.17) is 0 Å². The Kier molecular flexibility index (Phi) is 4.09. The standard InChI is InChI=1S/C14H23N3O4S2/c1-10-14(11(2)16(3)15-10)8-17(12-4-5-12)23(20,21)13-6-7-22(18,19)9-13/h12-13H,4-9H2,1-3H3. The van der Waals surface area contributed by atoms with Crippen molar-refractivity contribution in [3.8, 4) is 0 Å². The van der Waals surface area contributed by atoms with E-state index in [1.807, 2.05) is 20.9 Å². The first-order valence-electron chi connectivity index (χ1n) is 7.82. The zero-order chi connectivity index (χ0) is 17.0. The molecule has 2 fully saturated rings. The molecule has 0 radical (unpaired) electrons. The second-order valence-electron chi connectivity index (χ2n) is 6.62. The first-order chi connectivity index (χ1) is 10.6. The van der Waals surface area contributed by atoms with Crippen molar-refractivity contribution in [1.29, 1.82) is 0 Å². The second kappa shape index (κ2) is 5.56. The fourth-order valence-corrected chi connectivity index (χ4v) is 7.92. The zero-order valence-corrected chi connectivity index (χ0v) is 15.3. The van der Waals surface area contributed by atoms with Crippen LogP contribution in [0, 0.1) is 13.8 Å². The highest BCUT2D eigenvalue weighted by Crippen LogP contribution is 2.35. The molecule has 130 valence electrons. The minimum Gasteiger partial charge on any atom is -0.272 e. The van der Waals surface area contributed by atoms with E-state index in [0.29, 0.717) is 0 Å². The largest absolute Gasteiger partial charge is 0.272 e. The average Bonchev–Trinajstić information content (AvgIpc) is 3.16. The molecule has 1 saturated heterocycles. The maximum absolute atomic E-state index is 13.0. The molecule has 7 nitrogen and oxygen atoms in total. The molecule has 1 saturated carbocycles. The van der Waals surface area contributed by atoms with Gasteiger partial charge in [-0.15, -0.1) is 0 Å². The number of hydrogen-bond acceptors (Lipinski definition) is 5. The van der Waals surface area contributed by atoms with Crippen molar-refractivity contribution in [3.05, 3.63) is 17.0 Å². The maximum Gasteiger partial charge on any atom is 0.218 e. The van der Waals surface area contributed by atoms with E-state index in [1.54, 1.807) is 4.68 Å². The molecular weight excluding hydrogens is 338 g/mol. The molecule has 2 aliphatic rings. The smallest absolute Gasteiger partial charge is 0.218 e. The van der Waals surface area contributed by atoms with Crippen molar-refractivity contribution < 1.29 is 16.8 Å². The van der Waals surface area contributed by atoms with Gasteiger partial charge in [0.25, 0.3) is 0 Å². The molecular formula is C14H23N3O4S2. The number of sulfonamides is 1. The minimum absolute atomic E-state index is 0.00214. The fourth-order valence-electron chi connectivity index (χ4n) is 3.18. The topological polar surface area (TPSA) is 89.3 Å². The van der Waals surface area contributed by atoms with E-state index in [1.165, 1.54) is 4.31 Å². The molecule has 3 rings (SSSR count). The second-order valence-corrected chi connectivity index (χ2v) is 11.0. The lowest BCUT2D eigenvalue weighted by Crippen LogP contribution is -2.40. The van der Waals surface area contributed by atoms with Crippen molar-refractivity contribution in [1.82, 2.24) is 14.1 Å². The van der Waals surface area contributed by atoms with E-state index in [0.717, 1.165) is 29.8 Å². The minimum atomic E-state index is -3.61. The van der Waals surface area contributed by atoms with Gasteiger partial charge < -0.3 is 0 Å². The van der Waals surface area contributed by atoms with Gasteiger partial charge >= 0.3 is 0 Å². The Bertz CT molecular complexity index is 822. The summed E-state index contributed by atoms with van der Waals surface area (Å²) in [5.74, 6) is -0.274. The Labute approximate surface area is 137 Å².